The lowest BCUT2D eigenvalue weighted by molar-refractivity contribution is -0.141. The van der Waals surface area contributed by atoms with Gasteiger partial charge in [0.2, 0.25) is 0 Å². The van der Waals surface area contributed by atoms with E-state index in [4.69, 9.17) is 9.84 Å². The van der Waals surface area contributed by atoms with Crippen molar-refractivity contribution in [1.29, 1.82) is 0 Å². The number of aromatic nitrogens is 1. The van der Waals surface area contributed by atoms with Gasteiger partial charge in [0.1, 0.15) is 5.75 Å². The molecule has 1 heterocycles. The first kappa shape index (κ1) is 11.5. The van der Waals surface area contributed by atoms with Crippen LogP contribution in [0.1, 0.15) is 19.5 Å². The molecule has 4 nitrogen and oxygen atoms in total. The lowest BCUT2D eigenvalue weighted by atomic mass is 10.1. The number of rotatable bonds is 5. The molecule has 0 saturated carbocycles. The van der Waals surface area contributed by atoms with Gasteiger partial charge in [0.15, 0.2) is 0 Å². The Bertz CT molecular complexity index is 338. The highest BCUT2D eigenvalue weighted by molar-refractivity contribution is 5.69. The second kappa shape index (κ2) is 5.34. The molecule has 15 heavy (non-hydrogen) atoms. The van der Waals surface area contributed by atoms with Gasteiger partial charge in [-0.3, -0.25) is 9.78 Å². The second-order valence-electron chi connectivity index (χ2n) is 3.36. The van der Waals surface area contributed by atoms with Gasteiger partial charge in [-0.15, -0.1) is 0 Å². The maximum atomic E-state index is 10.7. The highest BCUT2D eigenvalue weighted by Gasteiger charge is 2.12. The molecule has 82 valence electrons. The van der Waals surface area contributed by atoms with Gasteiger partial charge < -0.3 is 9.84 Å². The minimum atomic E-state index is -0.807. The summed E-state index contributed by atoms with van der Waals surface area (Å²) in [6, 6.07) is 3.54. The van der Waals surface area contributed by atoms with Crippen LogP contribution in [0.5, 0.6) is 5.75 Å². The Morgan fingerprint density at radius 1 is 1.67 bits per heavy atom. The molecule has 0 aliphatic rings. The molecule has 0 bridgehead atoms. The van der Waals surface area contributed by atoms with E-state index in [-0.39, 0.29) is 0 Å². The maximum Gasteiger partial charge on any atom is 0.306 e. The van der Waals surface area contributed by atoms with Gasteiger partial charge in [0.05, 0.1) is 12.5 Å². The summed E-state index contributed by atoms with van der Waals surface area (Å²) >= 11 is 0. The number of hydrogen-bond donors (Lipinski definition) is 1. The van der Waals surface area contributed by atoms with E-state index < -0.39 is 11.9 Å². The molecule has 0 saturated heterocycles. The first-order valence-electron chi connectivity index (χ1n) is 4.94. The Hall–Kier alpha value is -1.58. The van der Waals surface area contributed by atoms with E-state index in [1.54, 1.807) is 25.3 Å². The number of carbonyl (C=O) groups is 1. The minimum Gasteiger partial charge on any atom is -0.494 e. The van der Waals surface area contributed by atoms with Crippen molar-refractivity contribution in [2.24, 2.45) is 5.92 Å². The van der Waals surface area contributed by atoms with Gasteiger partial charge in [0.25, 0.3) is 0 Å². The van der Waals surface area contributed by atoms with E-state index in [1.807, 2.05) is 6.92 Å². The fourth-order valence-corrected chi connectivity index (χ4v) is 1.23. The summed E-state index contributed by atoms with van der Waals surface area (Å²) in [5.74, 6) is -0.493. The third kappa shape index (κ3) is 3.58. The van der Waals surface area contributed by atoms with Crippen molar-refractivity contribution in [2.45, 2.75) is 20.3 Å². The third-order valence-corrected chi connectivity index (χ3v) is 2.04. The van der Waals surface area contributed by atoms with E-state index in [2.05, 4.69) is 4.98 Å². The molecule has 1 N–H and O–H groups in total. The fourth-order valence-electron chi connectivity index (χ4n) is 1.23. The lowest BCUT2D eigenvalue weighted by Gasteiger charge is -2.07. The number of carboxylic acids is 1. The highest BCUT2D eigenvalue weighted by Crippen LogP contribution is 2.14. The summed E-state index contributed by atoms with van der Waals surface area (Å²) in [6.45, 7) is 4.16. The highest BCUT2D eigenvalue weighted by atomic mass is 16.5. The largest absolute Gasteiger partial charge is 0.494 e. The molecule has 0 amide bonds. The molecule has 0 fully saturated rings. The number of hydrogen-bond acceptors (Lipinski definition) is 3. The Balaban J connectivity index is 2.68. The van der Waals surface area contributed by atoms with Crippen molar-refractivity contribution in [3.8, 4) is 5.75 Å². The quantitative estimate of drug-likeness (QED) is 0.802. The molecule has 1 aromatic heterocycles. The summed E-state index contributed by atoms with van der Waals surface area (Å²) in [5, 5.41) is 8.76. The van der Waals surface area contributed by atoms with E-state index in [0.29, 0.717) is 13.0 Å². The van der Waals surface area contributed by atoms with Crippen molar-refractivity contribution >= 4 is 5.97 Å². The molecule has 0 aliphatic carbocycles. The zero-order valence-corrected chi connectivity index (χ0v) is 8.93. The van der Waals surface area contributed by atoms with Crippen LogP contribution in [0.3, 0.4) is 0 Å². The Morgan fingerprint density at radius 2 is 2.40 bits per heavy atom. The number of pyridine rings is 1. The average molecular weight is 209 g/mol. The Labute approximate surface area is 88.9 Å². The van der Waals surface area contributed by atoms with Crippen LogP contribution in [0.2, 0.25) is 0 Å². The Morgan fingerprint density at radius 3 is 3.00 bits per heavy atom. The first-order valence-corrected chi connectivity index (χ1v) is 4.94. The van der Waals surface area contributed by atoms with Crippen molar-refractivity contribution < 1.29 is 14.6 Å². The van der Waals surface area contributed by atoms with Crippen LogP contribution >= 0.6 is 0 Å². The predicted octanol–water partition coefficient (Wildman–Crippen LogP) is 1.74. The van der Waals surface area contributed by atoms with Crippen LogP contribution < -0.4 is 4.74 Å². The van der Waals surface area contributed by atoms with Gasteiger partial charge in [-0.1, -0.05) is 6.92 Å². The summed E-state index contributed by atoms with van der Waals surface area (Å²) < 4.78 is 5.30. The fraction of sp³-hybridized carbons (Fsp3) is 0.455. The van der Waals surface area contributed by atoms with Crippen molar-refractivity contribution in [2.75, 3.05) is 6.61 Å². The van der Waals surface area contributed by atoms with E-state index in [1.165, 1.54) is 0 Å². The predicted molar refractivity (Wildman–Crippen MR) is 55.9 cm³/mol. The lowest BCUT2D eigenvalue weighted by Crippen LogP contribution is -2.13. The monoisotopic (exact) mass is 209 g/mol. The summed E-state index contributed by atoms with van der Waals surface area (Å²) in [6.07, 6.45) is 2.06. The molecule has 1 rings (SSSR count). The van der Waals surface area contributed by atoms with Crippen LogP contribution in [-0.4, -0.2) is 22.7 Å². The summed E-state index contributed by atoms with van der Waals surface area (Å²) in [5.41, 5.74) is 0.746. The van der Waals surface area contributed by atoms with Crippen LogP contribution in [0, 0.1) is 5.92 Å². The molecule has 1 unspecified atom stereocenters. The number of aliphatic carboxylic acids is 1. The molecule has 0 aliphatic heterocycles. The first-order chi connectivity index (χ1) is 7.13. The number of ether oxygens (including phenoxy) is 1. The van der Waals surface area contributed by atoms with Crippen LogP contribution in [0.4, 0.5) is 0 Å². The maximum absolute atomic E-state index is 10.7. The normalized spacial score (nSPS) is 12.1. The SMILES string of the molecule is CCOc1ccnc(CC(C)C(=O)O)c1. The molecule has 1 atom stereocenters. The van der Waals surface area contributed by atoms with Gasteiger partial charge in [-0.25, -0.2) is 0 Å². The minimum absolute atomic E-state index is 0.422. The number of nitrogens with zero attached hydrogens (tertiary/aromatic N) is 1. The third-order valence-electron chi connectivity index (χ3n) is 2.04. The summed E-state index contributed by atoms with van der Waals surface area (Å²) in [7, 11) is 0. The van der Waals surface area contributed by atoms with Crippen molar-refractivity contribution in [1.82, 2.24) is 4.98 Å². The zero-order valence-electron chi connectivity index (χ0n) is 8.93. The molecule has 0 aromatic carbocycles. The van der Waals surface area contributed by atoms with E-state index in [9.17, 15) is 4.79 Å². The second-order valence-corrected chi connectivity index (χ2v) is 3.36. The average Bonchev–Trinajstić information content (AvgIpc) is 2.18. The van der Waals surface area contributed by atoms with Crippen LogP contribution in [-0.2, 0) is 11.2 Å². The zero-order chi connectivity index (χ0) is 11.3. The number of carboxylic acid groups (broad SMARTS) is 1. The van der Waals surface area contributed by atoms with E-state index in [0.717, 1.165) is 11.4 Å². The molecule has 0 spiro atoms. The smallest absolute Gasteiger partial charge is 0.306 e. The molecular formula is C11H15NO3. The standard InChI is InChI=1S/C11H15NO3/c1-3-15-10-4-5-12-9(7-10)6-8(2)11(13)14/h4-5,7-8H,3,6H2,1-2H3,(H,13,14). The van der Waals surface area contributed by atoms with Crippen LogP contribution in [0.25, 0.3) is 0 Å². The molecular weight excluding hydrogens is 194 g/mol. The van der Waals surface area contributed by atoms with Crippen LogP contribution in [0.15, 0.2) is 18.3 Å². The summed E-state index contributed by atoms with van der Waals surface area (Å²) in [4.78, 5) is 14.8. The van der Waals surface area contributed by atoms with Gasteiger partial charge in [0, 0.05) is 24.4 Å². The van der Waals surface area contributed by atoms with Crippen molar-refractivity contribution in [3.05, 3.63) is 24.0 Å². The molecule has 1 aromatic rings. The molecule has 4 heteroatoms. The topological polar surface area (TPSA) is 59.4 Å². The van der Waals surface area contributed by atoms with Gasteiger partial charge in [-0.05, 0) is 13.0 Å². The van der Waals surface area contributed by atoms with E-state index >= 15 is 0 Å². The van der Waals surface area contributed by atoms with Gasteiger partial charge in [-0.2, -0.15) is 0 Å². The van der Waals surface area contributed by atoms with Crippen molar-refractivity contribution in [3.63, 3.8) is 0 Å². The molecule has 0 radical (unpaired) electrons. The van der Waals surface area contributed by atoms with Gasteiger partial charge >= 0.3 is 5.97 Å². The Kier molecular flexibility index (Phi) is 4.09.